The summed E-state index contributed by atoms with van der Waals surface area (Å²) in [6.07, 6.45) is 4.53. The first-order chi connectivity index (χ1) is 11.8. The standard InChI is InChI=1S/C18H21N3O3/c22-17(9-15-11-23-8-7-19-15)21-14-5-3-12(4-6-14)16-10-20-18(24-16)13-1-2-13/h3-6,10,13,15,19H,1-2,7-9,11H2,(H,21,22). The molecule has 2 N–H and O–H groups in total. The van der Waals surface area contributed by atoms with E-state index in [1.807, 2.05) is 24.3 Å². The van der Waals surface area contributed by atoms with Gasteiger partial charge in [0.25, 0.3) is 0 Å². The second kappa shape index (κ2) is 6.75. The van der Waals surface area contributed by atoms with Gasteiger partial charge in [-0.1, -0.05) is 0 Å². The van der Waals surface area contributed by atoms with Gasteiger partial charge in [-0.3, -0.25) is 4.79 Å². The van der Waals surface area contributed by atoms with E-state index < -0.39 is 0 Å². The number of nitrogens with one attached hydrogen (secondary N) is 2. The molecule has 6 heteroatoms. The zero-order chi connectivity index (χ0) is 16.4. The zero-order valence-corrected chi connectivity index (χ0v) is 13.5. The fraction of sp³-hybridized carbons (Fsp3) is 0.444. The van der Waals surface area contributed by atoms with Crippen LogP contribution in [0.5, 0.6) is 0 Å². The van der Waals surface area contributed by atoms with Gasteiger partial charge in [-0.15, -0.1) is 0 Å². The number of anilines is 1. The predicted molar refractivity (Wildman–Crippen MR) is 89.8 cm³/mol. The van der Waals surface area contributed by atoms with Gasteiger partial charge >= 0.3 is 0 Å². The fourth-order valence-corrected chi connectivity index (χ4v) is 2.84. The summed E-state index contributed by atoms with van der Waals surface area (Å²) >= 11 is 0. The number of aromatic nitrogens is 1. The Bertz CT molecular complexity index is 701. The largest absolute Gasteiger partial charge is 0.440 e. The Labute approximate surface area is 140 Å². The number of ether oxygens (including phenoxy) is 1. The van der Waals surface area contributed by atoms with Crippen LogP contribution in [0.4, 0.5) is 5.69 Å². The summed E-state index contributed by atoms with van der Waals surface area (Å²) in [6.45, 7) is 2.09. The molecule has 1 aromatic carbocycles. The lowest BCUT2D eigenvalue weighted by Gasteiger charge is -2.23. The maximum Gasteiger partial charge on any atom is 0.226 e. The Morgan fingerprint density at radius 3 is 2.83 bits per heavy atom. The number of carbonyl (C=O) groups is 1. The number of hydrogen-bond donors (Lipinski definition) is 2. The molecule has 1 aliphatic carbocycles. The van der Waals surface area contributed by atoms with Crippen molar-refractivity contribution in [3.05, 3.63) is 36.4 Å². The van der Waals surface area contributed by atoms with Crippen molar-refractivity contribution < 1.29 is 13.9 Å². The molecule has 126 valence electrons. The Morgan fingerprint density at radius 1 is 1.29 bits per heavy atom. The highest BCUT2D eigenvalue weighted by Crippen LogP contribution is 2.40. The maximum atomic E-state index is 12.1. The molecule has 2 fully saturated rings. The smallest absolute Gasteiger partial charge is 0.226 e. The number of oxazole rings is 1. The number of hydrogen-bond acceptors (Lipinski definition) is 5. The van der Waals surface area contributed by atoms with Crippen LogP contribution in [0, 0.1) is 0 Å². The summed E-state index contributed by atoms with van der Waals surface area (Å²) in [5, 5.41) is 6.20. The number of morpholine rings is 1. The molecule has 0 bridgehead atoms. The summed E-state index contributed by atoms with van der Waals surface area (Å²) < 4.78 is 11.2. The average Bonchev–Trinajstić information content (AvgIpc) is 3.34. The van der Waals surface area contributed by atoms with E-state index in [9.17, 15) is 4.79 Å². The summed E-state index contributed by atoms with van der Waals surface area (Å²) in [5.74, 6) is 2.11. The Morgan fingerprint density at radius 2 is 2.12 bits per heavy atom. The van der Waals surface area contributed by atoms with Crippen LogP contribution in [0.25, 0.3) is 11.3 Å². The molecular weight excluding hydrogens is 306 g/mol. The average molecular weight is 327 g/mol. The van der Waals surface area contributed by atoms with Gasteiger partial charge in [-0.05, 0) is 37.1 Å². The van der Waals surface area contributed by atoms with Crippen molar-refractivity contribution in [1.82, 2.24) is 10.3 Å². The molecule has 2 aromatic rings. The summed E-state index contributed by atoms with van der Waals surface area (Å²) in [7, 11) is 0. The number of amides is 1. The number of carbonyl (C=O) groups excluding carboxylic acids is 1. The summed E-state index contributed by atoms with van der Waals surface area (Å²) in [4.78, 5) is 16.4. The van der Waals surface area contributed by atoms with Gasteiger partial charge in [0.15, 0.2) is 11.7 Å². The monoisotopic (exact) mass is 327 g/mol. The molecule has 0 spiro atoms. The number of rotatable bonds is 5. The third kappa shape index (κ3) is 3.66. The van der Waals surface area contributed by atoms with Crippen molar-refractivity contribution in [3.63, 3.8) is 0 Å². The van der Waals surface area contributed by atoms with Crippen LogP contribution < -0.4 is 10.6 Å². The molecule has 4 rings (SSSR count). The van der Waals surface area contributed by atoms with Crippen molar-refractivity contribution in [1.29, 1.82) is 0 Å². The molecule has 1 unspecified atom stereocenters. The highest BCUT2D eigenvalue weighted by molar-refractivity contribution is 5.91. The molecule has 1 saturated carbocycles. The van der Waals surface area contributed by atoms with E-state index in [0.717, 1.165) is 29.4 Å². The lowest BCUT2D eigenvalue weighted by Crippen LogP contribution is -2.43. The molecule has 2 heterocycles. The fourth-order valence-electron chi connectivity index (χ4n) is 2.84. The van der Waals surface area contributed by atoms with E-state index in [-0.39, 0.29) is 11.9 Å². The highest BCUT2D eigenvalue weighted by atomic mass is 16.5. The first-order valence-corrected chi connectivity index (χ1v) is 8.45. The van der Waals surface area contributed by atoms with E-state index in [1.54, 1.807) is 6.20 Å². The number of benzene rings is 1. The SMILES string of the molecule is O=C(CC1COCCN1)Nc1ccc(-c2cnc(C3CC3)o2)cc1. The van der Waals surface area contributed by atoms with Crippen LogP contribution in [0.1, 0.15) is 31.1 Å². The zero-order valence-electron chi connectivity index (χ0n) is 13.5. The third-order valence-corrected chi connectivity index (χ3v) is 4.33. The Hall–Kier alpha value is -2.18. The summed E-state index contributed by atoms with van der Waals surface area (Å²) in [6, 6.07) is 7.74. The minimum absolute atomic E-state index is 0.0126. The first kappa shape index (κ1) is 15.4. The first-order valence-electron chi connectivity index (χ1n) is 8.45. The van der Waals surface area contributed by atoms with Crippen molar-refractivity contribution in [2.24, 2.45) is 0 Å². The van der Waals surface area contributed by atoms with Gasteiger partial charge in [0.05, 0.1) is 19.4 Å². The second-order valence-corrected chi connectivity index (χ2v) is 6.39. The normalized spacial score (nSPS) is 20.8. The Balaban J connectivity index is 1.35. The van der Waals surface area contributed by atoms with E-state index in [0.29, 0.717) is 25.6 Å². The van der Waals surface area contributed by atoms with Crippen molar-refractivity contribution in [2.75, 3.05) is 25.1 Å². The third-order valence-electron chi connectivity index (χ3n) is 4.33. The van der Waals surface area contributed by atoms with E-state index in [4.69, 9.17) is 9.15 Å². The van der Waals surface area contributed by atoms with Crippen LogP contribution in [0.3, 0.4) is 0 Å². The van der Waals surface area contributed by atoms with E-state index >= 15 is 0 Å². The summed E-state index contributed by atoms with van der Waals surface area (Å²) in [5.41, 5.74) is 1.75. The van der Waals surface area contributed by atoms with E-state index in [2.05, 4.69) is 15.6 Å². The lowest BCUT2D eigenvalue weighted by atomic mass is 10.1. The quantitative estimate of drug-likeness (QED) is 0.882. The van der Waals surface area contributed by atoms with Gasteiger partial charge in [-0.25, -0.2) is 4.98 Å². The van der Waals surface area contributed by atoms with Crippen molar-refractivity contribution in [3.8, 4) is 11.3 Å². The topological polar surface area (TPSA) is 76.4 Å². The van der Waals surface area contributed by atoms with Crippen LogP contribution in [-0.4, -0.2) is 36.7 Å². The minimum atomic E-state index is -0.0126. The van der Waals surface area contributed by atoms with Crippen LogP contribution in [0.15, 0.2) is 34.9 Å². The second-order valence-electron chi connectivity index (χ2n) is 6.39. The van der Waals surface area contributed by atoms with Crippen molar-refractivity contribution in [2.45, 2.75) is 31.2 Å². The van der Waals surface area contributed by atoms with Crippen LogP contribution in [0.2, 0.25) is 0 Å². The van der Waals surface area contributed by atoms with Gasteiger partial charge in [-0.2, -0.15) is 0 Å². The molecule has 1 saturated heterocycles. The molecule has 6 nitrogen and oxygen atoms in total. The lowest BCUT2D eigenvalue weighted by molar-refractivity contribution is -0.117. The van der Waals surface area contributed by atoms with Crippen LogP contribution >= 0.6 is 0 Å². The molecule has 24 heavy (non-hydrogen) atoms. The van der Waals surface area contributed by atoms with Gasteiger partial charge in [0, 0.05) is 36.2 Å². The molecule has 2 aliphatic rings. The van der Waals surface area contributed by atoms with Gasteiger partial charge in [0.2, 0.25) is 5.91 Å². The van der Waals surface area contributed by atoms with Crippen molar-refractivity contribution >= 4 is 11.6 Å². The van der Waals surface area contributed by atoms with E-state index in [1.165, 1.54) is 12.8 Å². The molecule has 1 atom stereocenters. The molecule has 0 radical (unpaired) electrons. The Kier molecular flexibility index (Phi) is 4.32. The maximum absolute atomic E-state index is 12.1. The molecule has 1 amide bonds. The molecule has 1 aromatic heterocycles. The minimum Gasteiger partial charge on any atom is -0.440 e. The number of nitrogens with zero attached hydrogens (tertiary/aromatic N) is 1. The predicted octanol–water partition coefficient (Wildman–Crippen LogP) is 2.54. The van der Waals surface area contributed by atoms with Gasteiger partial charge < -0.3 is 19.8 Å². The van der Waals surface area contributed by atoms with Crippen LogP contribution in [-0.2, 0) is 9.53 Å². The molecule has 1 aliphatic heterocycles. The molecular formula is C18H21N3O3. The highest BCUT2D eigenvalue weighted by Gasteiger charge is 2.28. The van der Waals surface area contributed by atoms with Gasteiger partial charge in [0.1, 0.15) is 0 Å².